The van der Waals surface area contributed by atoms with Crippen LogP contribution >= 0.6 is 12.6 Å². The molecule has 5 atom stereocenters. The van der Waals surface area contributed by atoms with Crippen LogP contribution in [-0.4, -0.2) is 41.0 Å². The van der Waals surface area contributed by atoms with Crippen molar-refractivity contribution < 1.29 is 5.11 Å². The largest absolute Gasteiger partial charge is 0.391 e. The average Bonchev–Trinajstić information content (AvgIpc) is 2.84. The summed E-state index contributed by atoms with van der Waals surface area (Å²) in [6, 6.07) is 0.510. The molecule has 0 amide bonds. The fraction of sp³-hybridized carbons (Fsp3) is 1.00. The van der Waals surface area contributed by atoms with Gasteiger partial charge in [0, 0.05) is 19.1 Å². The smallest absolute Gasteiger partial charge is 0.0726 e. The van der Waals surface area contributed by atoms with E-state index in [4.69, 9.17) is 0 Å². The topological polar surface area (TPSA) is 23.5 Å². The first kappa shape index (κ1) is 11.1. The van der Waals surface area contributed by atoms with Crippen molar-refractivity contribution in [1.29, 1.82) is 0 Å². The van der Waals surface area contributed by atoms with E-state index < -0.39 is 0 Å². The van der Waals surface area contributed by atoms with Crippen LogP contribution in [0.2, 0.25) is 0 Å². The van der Waals surface area contributed by atoms with Crippen LogP contribution in [0.3, 0.4) is 0 Å². The van der Waals surface area contributed by atoms with Gasteiger partial charge in [-0.3, -0.25) is 4.90 Å². The molecule has 4 aliphatic rings. The fourth-order valence-corrected chi connectivity index (χ4v) is 5.61. The van der Waals surface area contributed by atoms with E-state index in [1.165, 1.54) is 45.2 Å². The van der Waals surface area contributed by atoms with E-state index in [0.717, 1.165) is 17.6 Å². The Labute approximate surface area is 109 Å². The van der Waals surface area contributed by atoms with E-state index >= 15 is 0 Å². The van der Waals surface area contributed by atoms with Crippen molar-refractivity contribution in [3.63, 3.8) is 0 Å². The summed E-state index contributed by atoms with van der Waals surface area (Å²) in [6.45, 7) is 2.47. The van der Waals surface area contributed by atoms with Crippen molar-refractivity contribution in [3.8, 4) is 0 Å². The van der Waals surface area contributed by atoms with Crippen LogP contribution in [0.4, 0.5) is 0 Å². The Morgan fingerprint density at radius 2 is 2.06 bits per heavy atom. The average molecular weight is 253 g/mol. The number of aliphatic hydroxyl groups excluding tert-OH is 1. The maximum atomic E-state index is 10.4. The van der Waals surface area contributed by atoms with Crippen LogP contribution in [0, 0.1) is 23.2 Å². The van der Waals surface area contributed by atoms with Crippen LogP contribution in [0.15, 0.2) is 0 Å². The first-order valence-electron chi connectivity index (χ1n) is 7.25. The monoisotopic (exact) mass is 253 g/mol. The summed E-state index contributed by atoms with van der Waals surface area (Å²) >= 11 is 4.57. The Balaban J connectivity index is 1.52. The molecular formula is C14H23NOS. The Kier molecular flexibility index (Phi) is 2.38. The molecule has 0 aromatic rings. The van der Waals surface area contributed by atoms with Crippen LogP contribution in [0.25, 0.3) is 0 Å². The summed E-state index contributed by atoms with van der Waals surface area (Å²) in [6.07, 6.45) is 6.68. The van der Waals surface area contributed by atoms with E-state index in [2.05, 4.69) is 17.5 Å². The van der Waals surface area contributed by atoms with Gasteiger partial charge in [0.25, 0.3) is 0 Å². The number of likely N-dealkylation sites (tertiary alicyclic amines) is 1. The van der Waals surface area contributed by atoms with Crippen molar-refractivity contribution in [2.75, 3.05) is 18.8 Å². The van der Waals surface area contributed by atoms with E-state index in [-0.39, 0.29) is 6.10 Å². The summed E-state index contributed by atoms with van der Waals surface area (Å²) in [7, 11) is 0. The zero-order valence-electron chi connectivity index (χ0n) is 10.4. The summed E-state index contributed by atoms with van der Waals surface area (Å²) in [4.78, 5) is 2.64. The molecule has 2 nitrogen and oxygen atoms in total. The van der Waals surface area contributed by atoms with E-state index in [1.54, 1.807) is 0 Å². The third-order valence-electron chi connectivity index (χ3n) is 6.24. The number of nitrogens with zero attached hydrogens (tertiary/aromatic N) is 1. The number of hydrogen-bond acceptors (Lipinski definition) is 3. The van der Waals surface area contributed by atoms with Crippen LogP contribution < -0.4 is 0 Å². The Bertz CT molecular complexity index is 323. The van der Waals surface area contributed by atoms with Crippen molar-refractivity contribution in [2.24, 2.45) is 23.2 Å². The Hall–Kier alpha value is 0.270. The molecule has 0 radical (unpaired) electrons. The van der Waals surface area contributed by atoms with Crippen LogP contribution in [0.5, 0.6) is 0 Å². The fourth-order valence-electron chi connectivity index (χ4n) is 5.19. The molecular weight excluding hydrogens is 230 g/mol. The molecule has 17 heavy (non-hydrogen) atoms. The second-order valence-corrected chi connectivity index (χ2v) is 7.39. The number of fused-ring (bicyclic) bond motifs is 1. The molecule has 2 bridgehead atoms. The van der Waals surface area contributed by atoms with E-state index in [0.29, 0.717) is 17.4 Å². The lowest BCUT2D eigenvalue weighted by atomic mass is 9.70. The molecule has 96 valence electrons. The minimum absolute atomic E-state index is 0.0178. The normalized spacial score (nSPS) is 50.8. The molecule has 5 unspecified atom stereocenters. The SMILES string of the molecule is OC1C2CC3CN(CC4(CS)CCC4)C1C3C2. The number of thiol groups is 1. The highest BCUT2D eigenvalue weighted by Gasteiger charge is 2.59. The van der Waals surface area contributed by atoms with Gasteiger partial charge in [0.15, 0.2) is 0 Å². The highest BCUT2D eigenvalue weighted by atomic mass is 32.1. The minimum atomic E-state index is -0.0178. The zero-order chi connectivity index (χ0) is 11.6. The van der Waals surface area contributed by atoms with Gasteiger partial charge in [-0.25, -0.2) is 0 Å². The van der Waals surface area contributed by atoms with Gasteiger partial charge in [0.05, 0.1) is 6.10 Å². The van der Waals surface area contributed by atoms with Gasteiger partial charge in [-0.15, -0.1) is 0 Å². The summed E-state index contributed by atoms with van der Waals surface area (Å²) < 4.78 is 0. The minimum Gasteiger partial charge on any atom is -0.391 e. The van der Waals surface area contributed by atoms with Crippen molar-refractivity contribution in [1.82, 2.24) is 4.90 Å². The number of hydrogen-bond donors (Lipinski definition) is 2. The zero-order valence-corrected chi connectivity index (χ0v) is 11.3. The second kappa shape index (κ2) is 3.64. The molecule has 0 aromatic heterocycles. The summed E-state index contributed by atoms with van der Waals surface area (Å²) in [5.74, 6) is 3.40. The summed E-state index contributed by atoms with van der Waals surface area (Å²) in [5.41, 5.74) is 0.491. The van der Waals surface area contributed by atoms with Crippen molar-refractivity contribution in [3.05, 3.63) is 0 Å². The molecule has 1 N–H and O–H groups in total. The van der Waals surface area contributed by atoms with Gasteiger partial charge in [0.1, 0.15) is 0 Å². The maximum absolute atomic E-state index is 10.4. The lowest BCUT2D eigenvalue weighted by molar-refractivity contribution is 0.0195. The second-order valence-electron chi connectivity index (χ2n) is 7.08. The van der Waals surface area contributed by atoms with Gasteiger partial charge < -0.3 is 5.11 Å². The first-order valence-corrected chi connectivity index (χ1v) is 7.89. The number of rotatable bonds is 3. The van der Waals surface area contributed by atoms with Gasteiger partial charge >= 0.3 is 0 Å². The molecule has 1 saturated heterocycles. The standard InChI is InChI=1S/C14H23NOS/c16-13-9-4-10-6-15(12(13)11(10)5-9)7-14(8-17)2-1-3-14/h9-13,16-17H,1-8H2. The molecule has 4 fully saturated rings. The molecule has 3 heteroatoms. The quantitative estimate of drug-likeness (QED) is 0.749. The lowest BCUT2D eigenvalue weighted by Crippen LogP contribution is -2.48. The van der Waals surface area contributed by atoms with Gasteiger partial charge in [0.2, 0.25) is 0 Å². The van der Waals surface area contributed by atoms with Gasteiger partial charge in [-0.2, -0.15) is 12.6 Å². The van der Waals surface area contributed by atoms with Crippen LogP contribution in [0.1, 0.15) is 32.1 Å². The van der Waals surface area contributed by atoms with Gasteiger partial charge in [-0.05, 0) is 54.6 Å². The highest BCUT2D eigenvalue weighted by Crippen LogP contribution is 2.56. The number of aliphatic hydroxyl groups is 1. The Morgan fingerprint density at radius 1 is 1.24 bits per heavy atom. The van der Waals surface area contributed by atoms with Gasteiger partial charge in [-0.1, -0.05) is 6.42 Å². The maximum Gasteiger partial charge on any atom is 0.0726 e. The highest BCUT2D eigenvalue weighted by molar-refractivity contribution is 7.80. The third kappa shape index (κ3) is 1.42. The van der Waals surface area contributed by atoms with Crippen molar-refractivity contribution >= 4 is 12.6 Å². The molecule has 4 rings (SSSR count). The first-order chi connectivity index (χ1) is 8.22. The Morgan fingerprint density at radius 3 is 2.65 bits per heavy atom. The van der Waals surface area contributed by atoms with E-state index in [1.807, 2.05) is 0 Å². The summed E-state index contributed by atoms with van der Waals surface area (Å²) in [5, 5.41) is 10.4. The third-order valence-corrected chi connectivity index (χ3v) is 6.91. The lowest BCUT2D eigenvalue weighted by Gasteiger charge is -2.45. The van der Waals surface area contributed by atoms with Crippen LogP contribution in [-0.2, 0) is 0 Å². The van der Waals surface area contributed by atoms with E-state index in [9.17, 15) is 5.11 Å². The predicted molar refractivity (Wildman–Crippen MR) is 71.2 cm³/mol. The molecule has 0 spiro atoms. The van der Waals surface area contributed by atoms with Crippen molar-refractivity contribution in [2.45, 2.75) is 44.2 Å². The molecule has 1 aliphatic heterocycles. The predicted octanol–water partition coefficient (Wildman–Crippen LogP) is 1.79. The molecule has 3 aliphatic carbocycles. The molecule has 3 saturated carbocycles. The molecule has 0 aromatic carbocycles. The molecule has 1 heterocycles.